The molecule has 0 aromatic heterocycles. The maximum absolute atomic E-state index is 10.2. The summed E-state index contributed by atoms with van der Waals surface area (Å²) in [5, 5.41) is 10.2. The summed E-state index contributed by atoms with van der Waals surface area (Å²) >= 11 is 0. The number of hydrogen-bond donors (Lipinski definition) is 1. The number of allylic oxidation sites excluding steroid dienone is 5. The fraction of sp³-hybridized carbons (Fsp3) is 0.793. The number of aliphatic hydroxyl groups is 1. The van der Waals surface area contributed by atoms with Gasteiger partial charge in [0.05, 0.1) is 6.10 Å². The summed E-state index contributed by atoms with van der Waals surface area (Å²) in [6.45, 7) is 14.7. The highest BCUT2D eigenvalue weighted by Crippen LogP contribution is 2.66. The third-order valence-electron chi connectivity index (χ3n) is 10.2. The van der Waals surface area contributed by atoms with Crippen molar-refractivity contribution in [1.82, 2.24) is 0 Å². The summed E-state index contributed by atoms with van der Waals surface area (Å²) in [6, 6.07) is 0. The van der Waals surface area contributed by atoms with Crippen molar-refractivity contribution in [3.8, 4) is 0 Å². The van der Waals surface area contributed by atoms with Crippen LogP contribution in [0, 0.1) is 46.3 Å². The van der Waals surface area contributed by atoms with Crippen LogP contribution < -0.4 is 0 Å². The maximum atomic E-state index is 10.2. The van der Waals surface area contributed by atoms with E-state index in [-0.39, 0.29) is 6.10 Å². The van der Waals surface area contributed by atoms with Crippen molar-refractivity contribution in [3.05, 3.63) is 35.5 Å². The zero-order valence-electron chi connectivity index (χ0n) is 20.5. The van der Waals surface area contributed by atoms with Crippen LogP contribution in [0.25, 0.3) is 0 Å². The molecule has 4 aliphatic carbocycles. The molecule has 1 N–H and O–H groups in total. The zero-order chi connectivity index (χ0) is 21.7. The number of rotatable bonds is 5. The van der Waals surface area contributed by atoms with E-state index in [9.17, 15) is 5.11 Å². The Balaban J connectivity index is 1.56. The van der Waals surface area contributed by atoms with E-state index in [1.165, 1.54) is 44.1 Å². The molecule has 0 saturated heterocycles. The van der Waals surface area contributed by atoms with Gasteiger partial charge in [-0.15, -0.1) is 0 Å². The first-order chi connectivity index (χ1) is 14.2. The molecule has 6 unspecified atom stereocenters. The molecule has 1 heteroatoms. The largest absolute Gasteiger partial charge is 0.393 e. The summed E-state index contributed by atoms with van der Waals surface area (Å²) in [7, 11) is 0. The quantitative estimate of drug-likeness (QED) is 0.460. The number of fused-ring (bicyclic) bond motifs is 5. The minimum atomic E-state index is -0.116. The second kappa shape index (κ2) is 8.27. The van der Waals surface area contributed by atoms with E-state index in [4.69, 9.17) is 0 Å². The van der Waals surface area contributed by atoms with E-state index in [2.05, 4.69) is 65.8 Å². The van der Waals surface area contributed by atoms with Crippen LogP contribution in [0.3, 0.4) is 0 Å². The minimum Gasteiger partial charge on any atom is -0.393 e. The van der Waals surface area contributed by atoms with Gasteiger partial charge >= 0.3 is 0 Å². The minimum absolute atomic E-state index is 0.116. The fourth-order valence-electron chi connectivity index (χ4n) is 8.17. The molecule has 0 radical (unpaired) electrons. The van der Waals surface area contributed by atoms with Crippen molar-refractivity contribution in [3.63, 3.8) is 0 Å². The van der Waals surface area contributed by atoms with E-state index >= 15 is 0 Å². The van der Waals surface area contributed by atoms with Gasteiger partial charge in [-0.1, -0.05) is 77.0 Å². The lowest BCUT2D eigenvalue weighted by atomic mass is 9.50. The van der Waals surface area contributed by atoms with Gasteiger partial charge in [-0.3, -0.25) is 0 Å². The molecule has 30 heavy (non-hydrogen) atoms. The molecule has 1 nitrogen and oxygen atoms in total. The smallest absolute Gasteiger partial charge is 0.0578 e. The zero-order valence-corrected chi connectivity index (χ0v) is 20.5. The monoisotopic (exact) mass is 410 g/mol. The predicted molar refractivity (Wildman–Crippen MR) is 128 cm³/mol. The fourth-order valence-corrected chi connectivity index (χ4v) is 8.17. The Labute approximate surface area is 186 Å². The summed E-state index contributed by atoms with van der Waals surface area (Å²) in [5.74, 6) is 4.45. The highest BCUT2D eigenvalue weighted by molar-refractivity contribution is 5.39. The molecule has 3 fully saturated rings. The molecule has 3 saturated carbocycles. The van der Waals surface area contributed by atoms with Crippen LogP contribution in [0.4, 0.5) is 0 Å². The highest BCUT2D eigenvalue weighted by atomic mass is 16.3. The van der Waals surface area contributed by atoms with Gasteiger partial charge in [0.25, 0.3) is 0 Å². The van der Waals surface area contributed by atoms with Crippen LogP contribution in [0.1, 0.15) is 92.9 Å². The van der Waals surface area contributed by atoms with Gasteiger partial charge in [-0.05, 0) is 97.7 Å². The van der Waals surface area contributed by atoms with Gasteiger partial charge in [0, 0.05) is 0 Å². The molecule has 0 aromatic rings. The first-order valence-electron chi connectivity index (χ1n) is 13.0. The molecular weight excluding hydrogens is 364 g/mol. The summed E-state index contributed by atoms with van der Waals surface area (Å²) in [4.78, 5) is 0. The van der Waals surface area contributed by atoms with Crippen LogP contribution in [0.5, 0.6) is 0 Å². The molecular formula is C29H46O. The molecule has 8 atom stereocenters. The molecule has 0 spiro atoms. The molecule has 0 aromatic carbocycles. The molecule has 0 bridgehead atoms. The Bertz CT molecular complexity index is 727. The SMILES string of the molecule is CCC(/C=C/C(C)C1CCC2C3=CC=C4CC(O)CC[C@]4(C)C3CC[C@@]21C)C(C)C. The van der Waals surface area contributed by atoms with Crippen molar-refractivity contribution >= 4 is 0 Å². The number of aliphatic hydroxyl groups excluding tert-OH is 1. The Morgan fingerprint density at radius 3 is 2.47 bits per heavy atom. The normalized spacial score (nSPS) is 42.9. The first-order valence-corrected chi connectivity index (χ1v) is 13.0. The van der Waals surface area contributed by atoms with Gasteiger partial charge in [-0.2, -0.15) is 0 Å². The van der Waals surface area contributed by atoms with Crippen LogP contribution in [0.2, 0.25) is 0 Å². The van der Waals surface area contributed by atoms with Crippen molar-refractivity contribution in [2.24, 2.45) is 46.3 Å². The van der Waals surface area contributed by atoms with Gasteiger partial charge in [0.1, 0.15) is 0 Å². The lowest BCUT2D eigenvalue weighted by Gasteiger charge is -2.55. The topological polar surface area (TPSA) is 20.2 Å². The van der Waals surface area contributed by atoms with Gasteiger partial charge in [0.2, 0.25) is 0 Å². The van der Waals surface area contributed by atoms with E-state index in [1.807, 2.05) is 0 Å². The van der Waals surface area contributed by atoms with E-state index in [0.717, 1.165) is 42.4 Å². The van der Waals surface area contributed by atoms with Gasteiger partial charge in [0.15, 0.2) is 0 Å². The predicted octanol–water partition coefficient (Wildman–Crippen LogP) is 7.72. The Kier molecular flexibility index (Phi) is 6.17. The lowest BCUT2D eigenvalue weighted by molar-refractivity contribution is 0.0382. The average molecular weight is 411 g/mol. The van der Waals surface area contributed by atoms with E-state index < -0.39 is 0 Å². The van der Waals surface area contributed by atoms with Gasteiger partial charge < -0.3 is 5.11 Å². The van der Waals surface area contributed by atoms with Crippen LogP contribution in [-0.4, -0.2) is 11.2 Å². The second-order valence-corrected chi connectivity index (χ2v) is 12.1. The third kappa shape index (κ3) is 3.58. The summed E-state index contributed by atoms with van der Waals surface area (Å²) in [5.41, 5.74) is 4.07. The molecule has 4 rings (SSSR count). The van der Waals surface area contributed by atoms with Crippen molar-refractivity contribution in [2.45, 2.75) is 99.0 Å². The van der Waals surface area contributed by atoms with E-state index in [0.29, 0.717) is 16.7 Å². The highest BCUT2D eigenvalue weighted by Gasteiger charge is 2.56. The molecule has 0 aliphatic heterocycles. The molecule has 4 aliphatic rings. The van der Waals surface area contributed by atoms with Crippen LogP contribution >= 0.6 is 0 Å². The maximum Gasteiger partial charge on any atom is 0.0578 e. The number of hydrogen-bond acceptors (Lipinski definition) is 1. The molecule has 0 amide bonds. The second-order valence-electron chi connectivity index (χ2n) is 12.1. The van der Waals surface area contributed by atoms with Crippen LogP contribution in [0.15, 0.2) is 35.5 Å². The standard InChI is InChI=1S/C29H46O/c1-7-21(19(2)3)9-8-20(4)25-12-13-26-24-11-10-22-18-23(30)14-16-28(22,5)27(24)15-17-29(25,26)6/h8-11,19-21,23,25-27,30H,7,12-18H2,1-6H3/b9-8+/t20?,21?,23?,25?,26?,27?,28-,29+/m0/s1. The van der Waals surface area contributed by atoms with Crippen molar-refractivity contribution < 1.29 is 5.11 Å². The van der Waals surface area contributed by atoms with Crippen LogP contribution in [-0.2, 0) is 0 Å². The summed E-state index contributed by atoms with van der Waals surface area (Å²) < 4.78 is 0. The van der Waals surface area contributed by atoms with E-state index in [1.54, 1.807) is 5.57 Å². The first kappa shape index (κ1) is 22.4. The van der Waals surface area contributed by atoms with Crippen molar-refractivity contribution in [2.75, 3.05) is 0 Å². The average Bonchev–Trinajstić information content (AvgIpc) is 3.06. The Hall–Kier alpha value is -0.820. The Morgan fingerprint density at radius 2 is 1.77 bits per heavy atom. The lowest BCUT2D eigenvalue weighted by Crippen LogP contribution is -2.46. The molecule has 168 valence electrons. The third-order valence-corrected chi connectivity index (χ3v) is 10.2. The Morgan fingerprint density at radius 1 is 1.00 bits per heavy atom. The van der Waals surface area contributed by atoms with Gasteiger partial charge in [-0.25, -0.2) is 0 Å². The van der Waals surface area contributed by atoms with Crippen molar-refractivity contribution in [1.29, 1.82) is 0 Å². The summed E-state index contributed by atoms with van der Waals surface area (Å²) in [6.07, 6.45) is 19.7. The molecule has 0 heterocycles.